The molecule has 1 aliphatic heterocycles. The molecule has 0 radical (unpaired) electrons. The lowest BCUT2D eigenvalue weighted by molar-refractivity contribution is -0.142. The molecule has 1 aliphatic rings. The molecule has 1 heterocycles. The molecule has 2 rings (SSSR count). The van der Waals surface area contributed by atoms with Crippen LogP contribution >= 0.6 is 0 Å². The van der Waals surface area contributed by atoms with Crippen LogP contribution in [0, 0.1) is 5.82 Å². The van der Waals surface area contributed by atoms with Crippen LogP contribution in [0.4, 0.5) is 26.3 Å². The van der Waals surface area contributed by atoms with Crippen molar-refractivity contribution in [3.05, 3.63) is 35.1 Å². The van der Waals surface area contributed by atoms with Gasteiger partial charge in [0.25, 0.3) is 6.43 Å². The van der Waals surface area contributed by atoms with E-state index in [4.69, 9.17) is 0 Å². The summed E-state index contributed by atoms with van der Waals surface area (Å²) in [6.07, 6.45) is -7.13. The molecule has 1 saturated heterocycles. The Morgan fingerprint density at radius 1 is 1.27 bits per heavy atom. The lowest BCUT2D eigenvalue weighted by Crippen LogP contribution is -2.47. The zero-order chi connectivity index (χ0) is 16.5. The maximum absolute atomic E-state index is 13.7. The van der Waals surface area contributed by atoms with Crippen molar-refractivity contribution < 1.29 is 31.1 Å². The van der Waals surface area contributed by atoms with Gasteiger partial charge in [0.2, 0.25) is 5.91 Å². The lowest BCUT2D eigenvalue weighted by atomic mass is 10.00. The van der Waals surface area contributed by atoms with E-state index in [-0.39, 0.29) is 19.3 Å². The number of carbonyl (C=O) groups excluding carboxylic acids is 1. The number of benzene rings is 1. The van der Waals surface area contributed by atoms with Crippen LogP contribution in [0.3, 0.4) is 0 Å². The Hall–Kier alpha value is -1.73. The van der Waals surface area contributed by atoms with Gasteiger partial charge in [-0.1, -0.05) is 0 Å². The van der Waals surface area contributed by atoms with Gasteiger partial charge in [-0.25, -0.2) is 13.2 Å². The number of hydrogen-bond acceptors (Lipinski definition) is 1. The molecule has 8 heteroatoms. The molecule has 0 bridgehead atoms. The first-order valence-corrected chi connectivity index (χ1v) is 6.63. The van der Waals surface area contributed by atoms with Gasteiger partial charge in [0.15, 0.2) is 0 Å². The molecule has 22 heavy (non-hydrogen) atoms. The Labute approximate surface area is 122 Å². The zero-order valence-electron chi connectivity index (χ0n) is 11.3. The van der Waals surface area contributed by atoms with Gasteiger partial charge in [-0.2, -0.15) is 13.2 Å². The first-order chi connectivity index (χ1) is 10.2. The van der Waals surface area contributed by atoms with Crippen molar-refractivity contribution in [2.75, 3.05) is 0 Å². The standard InChI is InChI=1S/C14H13F6NO/c15-10-5-4-9(14(18,19)20)6-8(10)7-21-11(13(16)17)2-1-3-12(21)22/h4-6,11,13H,1-3,7H2/t11-/m0/s1. The largest absolute Gasteiger partial charge is 0.416 e. The van der Waals surface area contributed by atoms with Crippen LogP contribution in [-0.2, 0) is 17.5 Å². The second-order valence-electron chi connectivity index (χ2n) is 5.12. The lowest BCUT2D eigenvalue weighted by Gasteiger charge is -2.35. The van der Waals surface area contributed by atoms with Gasteiger partial charge in [-0.15, -0.1) is 0 Å². The minimum atomic E-state index is -4.67. The SMILES string of the molecule is O=C1CCC[C@@H](C(F)F)N1Cc1cc(C(F)(F)F)ccc1F. The fourth-order valence-electron chi connectivity index (χ4n) is 2.47. The third kappa shape index (κ3) is 3.53. The quantitative estimate of drug-likeness (QED) is 0.770. The molecule has 122 valence electrons. The Morgan fingerprint density at radius 3 is 2.55 bits per heavy atom. The maximum atomic E-state index is 13.7. The average Bonchev–Trinajstić information content (AvgIpc) is 2.41. The van der Waals surface area contributed by atoms with Gasteiger partial charge in [0, 0.05) is 18.5 Å². The number of hydrogen-bond donors (Lipinski definition) is 0. The van der Waals surface area contributed by atoms with E-state index in [9.17, 15) is 31.1 Å². The number of carbonyl (C=O) groups is 1. The van der Waals surface area contributed by atoms with Gasteiger partial charge < -0.3 is 4.90 Å². The highest BCUT2D eigenvalue weighted by Gasteiger charge is 2.36. The summed E-state index contributed by atoms with van der Waals surface area (Å²) in [5.74, 6) is -1.56. The van der Waals surface area contributed by atoms with Crippen molar-refractivity contribution in [2.24, 2.45) is 0 Å². The number of nitrogens with zero attached hydrogens (tertiary/aromatic N) is 1. The second-order valence-corrected chi connectivity index (χ2v) is 5.12. The Balaban J connectivity index is 2.29. The number of halogens is 6. The van der Waals surface area contributed by atoms with Crippen LogP contribution in [0.25, 0.3) is 0 Å². The number of likely N-dealkylation sites (tertiary alicyclic amines) is 1. The van der Waals surface area contributed by atoms with Crippen molar-refractivity contribution in [3.8, 4) is 0 Å². The van der Waals surface area contributed by atoms with Crippen LogP contribution in [0.5, 0.6) is 0 Å². The second kappa shape index (κ2) is 6.18. The van der Waals surface area contributed by atoms with E-state index in [1.807, 2.05) is 0 Å². The van der Waals surface area contributed by atoms with E-state index < -0.39 is 48.0 Å². The number of rotatable bonds is 3. The van der Waals surface area contributed by atoms with Gasteiger partial charge >= 0.3 is 6.18 Å². The van der Waals surface area contributed by atoms with E-state index >= 15 is 0 Å². The van der Waals surface area contributed by atoms with E-state index in [0.29, 0.717) is 18.2 Å². The maximum Gasteiger partial charge on any atom is 0.416 e. The molecule has 2 nitrogen and oxygen atoms in total. The topological polar surface area (TPSA) is 20.3 Å². The molecular weight excluding hydrogens is 312 g/mol. The Bertz CT molecular complexity index is 557. The fraction of sp³-hybridized carbons (Fsp3) is 0.500. The molecular formula is C14H13F6NO. The molecule has 1 atom stereocenters. The Kier molecular flexibility index (Phi) is 4.67. The highest BCUT2D eigenvalue weighted by Crippen LogP contribution is 2.32. The molecule has 0 spiro atoms. The van der Waals surface area contributed by atoms with Crippen LogP contribution in [0.15, 0.2) is 18.2 Å². The predicted octanol–water partition coefficient (Wildman–Crippen LogP) is 3.99. The van der Waals surface area contributed by atoms with E-state index in [1.165, 1.54) is 0 Å². The smallest absolute Gasteiger partial charge is 0.330 e. The van der Waals surface area contributed by atoms with Crippen LogP contribution in [0.1, 0.15) is 30.4 Å². The third-order valence-corrected chi connectivity index (χ3v) is 3.62. The molecule has 0 unspecified atom stereocenters. The first-order valence-electron chi connectivity index (χ1n) is 6.63. The summed E-state index contributed by atoms with van der Waals surface area (Å²) in [7, 11) is 0. The highest BCUT2D eigenvalue weighted by atomic mass is 19.4. The van der Waals surface area contributed by atoms with E-state index in [2.05, 4.69) is 0 Å². The molecule has 0 saturated carbocycles. The van der Waals surface area contributed by atoms with Crippen molar-refractivity contribution in [3.63, 3.8) is 0 Å². The van der Waals surface area contributed by atoms with Crippen molar-refractivity contribution >= 4 is 5.91 Å². The van der Waals surface area contributed by atoms with Gasteiger partial charge in [0.05, 0.1) is 11.6 Å². The van der Waals surface area contributed by atoms with Crippen molar-refractivity contribution in [1.29, 1.82) is 0 Å². The monoisotopic (exact) mass is 325 g/mol. The van der Waals surface area contributed by atoms with Crippen LogP contribution in [-0.4, -0.2) is 23.3 Å². The molecule has 0 aliphatic carbocycles. The average molecular weight is 325 g/mol. The van der Waals surface area contributed by atoms with E-state index in [1.54, 1.807) is 0 Å². The van der Waals surface area contributed by atoms with Gasteiger partial charge in [0.1, 0.15) is 5.82 Å². The normalized spacial score (nSPS) is 19.9. The summed E-state index contributed by atoms with van der Waals surface area (Å²) in [5, 5.41) is 0. The van der Waals surface area contributed by atoms with E-state index in [0.717, 1.165) is 4.90 Å². The first kappa shape index (κ1) is 16.6. The summed E-state index contributed by atoms with van der Waals surface area (Å²) in [6, 6.07) is 0.362. The molecule has 0 N–H and O–H groups in total. The summed E-state index contributed by atoms with van der Waals surface area (Å²) in [6.45, 7) is -0.594. The van der Waals surface area contributed by atoms with Crippen LogP contribution < -0.4 is 0 Å². The molecule has 1 aromatic carbocycles. The number of alkyl halides is 5. The van der Waals surface area contributed by atoms with Crippen LogP contribution in [0.2, 0.25) is 0 Å². The minimum absolute atomic E-state index is 0.0315. The minimum Gasteiger partial charge on any atom is -0.330 e. The Morgan fingerprint density at radius 2 is 1.95 bits per heavy atom. The van der Waals surface area contributed by atoms with Crippen molar-refractivity contribution in [1.82, 2.24) is 4.90 Å². The highest BCUT2D eigenvalue weighted by molar-refractivity contribution is 5.77. The third-order valence-electron chi connectivity index (χ3n) is 3.62. The summed E-state index contributed by atoms with van der Waals surface area (Å²) in [5.41, 5.74) is -1.50. The molecule has 0 aromatic heterocycles. The predicted molar refractivity (Wildman–Crippen MR) is 65.6 cm³/mol. The molecule has 1 amide bonds. The summed E-state index contributed by atoms with van der Waals surface area (Å²) < 4.78 is 77.5. The van der Waals surface area contributed by atoms with Gasteiger partial charge in [-0.3, -0.25) is 4.79 Å². The summed E-state index contributed by atoms with van der Waals surface area (Å²) in [4.78, 5) is 12.5. The molecule has 1 aromatic rings. The van der Waals surface area contributed by atoms with Gasteiger partial charge in [-0.05, 0) is 31.0 Å². The zero-order valence-corrected chi connectivity index (χ0v) is 11.3. The number of amides is 1. The van der Waals surface area contributed by atoms with Crippen molar-refractivity contribution in [2.45, 2.75) is 44.5 Å². The fourth-order valence-corrected chi connectivity index (χ4v) is 2.47. The molecule has 1 fully saturated rings. The number of piperidine rings is 1. The summed E-state index contributed by atoms with van der Waals surface area (Å²) >= 11 is 0.